The van der Waals surface area contributed by atoms with Crippen molar-refractivity contribution in [3.8, 4) is 0 Å². The van der Waals surface area contributed by atoms with Gasteiger partial charge in [-0.25, -0.2) is 4.99 Å². The van der Waals surface area contributed by atoms with Gasteiger partial charge in [-0.1, -0.05) is 47.6 Å². The third-order valence-corrected chi connectivity index (χ3v) is 4.94. The lowest BCUT2D eigenvalue weighted by molar-refractivity contribution is -0.113. The number of aliphatic imine (C=N–C) groups is 1. The number of carbonyl (C=O) groups excluding carboxylic acids is 1. The van der Waals surface area contributed by atoms with Gasteiger partial charge in [-0.05, 0) is 41.8 Å². The monoisotopic (exact) mass is 367 g/mol. The van der Waals surface area contributed by atoms with E-state index in [4.69, 9.17) is 11.6 Å². The quantitative estimate of drug-likeness (QED) is 0.662. The molecule has 0 fully saturated rings. The molecule has 4 rings (SSSR count). The molecular weight excluding hydrogens is 354 g/mol. The highest BCUT2D eigenvalue weighted by Crippen LogP contribution is 2.36. The topological polar surface area (TPSA) is 53.5 Å². The summed E-state index contributed by atoms with van der Waals surface area (Å²) >= 11 is 7.22. The summed E-state index contributed by atoms with van der Waals surface area (Å²) in [5.41, 5.74) is 2.67. The fourth-order valence-electron chi connectivity index (χ4n) is 2.70. The van der Waals surface area contributed by atoms with Crippen LogP contribution in [0.5, 0.6) is 0 Å². The Kier molecular flexibility index (Phi) is 4.34. The van der Waals surface area contributed by atoms with E-state index in [0.717, 1.165) is 33.0 Å². The van der Waals surface area contributed by atoms with E-state index in [1.165, 1.54) is 11.8 Å². The molecule has 6 heteroatoms. The highest BCUT2D eigenvalue weighted by atomic mass is 35.5. The second-order valence-electron chi connectivity index (χ2n) is 5.57. The van der Waals surface area contributed by atoms with Gasteiger partial charge in [0.05, 0.1) is 17.1 Å². The number of amidine groups is 1. The Morgan fingerprint density at radius 3 is 2.64 bits per heavy atom. The lowest BCUT2D eigenvalue weighted by Gasteiger charge is -2.18. The first kappa shape index (κ1) is 16.0. The van der Waals surface area contributed by atoms with Crippen molar-refractivity contribution in [2.75, 3.05) is 16.4 Å². The minimum absolute atomic E-state index is 0.0890. The second kappa shape index (κ2) is 6.78. The largest absolute Gasteiger partial charge is 0.334 e. The Balaban J connectivity index is 1.45. The van der Waals surface area contributed by atoms with Gasteiger partial charge in [0.1, 0.15) is 0 Å². The Hall–Kier alpha value is -2.50. The number of halogens is 1. The van der Waals surface area contributed by atoms with Gasteiger partial charge in [-0.3, -0.25) is 4.79 Å². The fourth-order valence-corrected chi connectivity index (χ4v) is 3.51. The zero-order valence-corrected chi connectivity index (χ0v) is 14.7. The molecular formula is C19H14ClN3OS. The molecule has 0 radical (unpaired) electrons. The minimum atomic E-state index is -0.0890. The van der Waals surface area contributed by atoms with Crippen LogP contribution in [0.15, 0.2) is 65.7 Å². The van der Waals surface area contributed by atoms with Crippen LogP contribution >= 0.6 is 23.4 Å². The maximum Gasteiger partial charge on any atom is 0.234 e. The van der Waals surface area contributed by atoms with E-state index in [-0.39, 0.29) is 11.7 Å². The second-order valence-corrected chi connectivity index (χ2v) is 6.97. The number of anilines is 2. The Morgan fingerprint density at radius 1 is 1.08 bits per heavy atom. The first-order chi connectivity index (χ1) is 12.2. The van der Waals surface area contributed by atoms with Crippen molar-refractivity contribution in [1.82, 2.24) is 0 Å². The first-order valence-electron chi connectivity index (χ1n) is 7.75. The van der Waals surface area contributed by atoms with E-state index in [1.807, 2.05) is 24.3 Å². The van der Waals surface area contributed by atoms with E-state index in [2.05, 4.69) is 27.8 Å². The Bertz CT molecular complexity index is 980. The third-order valence-electron chi connectivity index (χ3n) is 3.81. The number of nitrogens with zero attached hydrogens (tertiary/aromatic N) is 1. The van der Waals surface area contributed by atoms with Crippen molar-refractivity contribution in [3.05, 3.63) is 65.7 Å². The average molecular weight is 368 g/mol. The zero-order valence-electron chi connectivity index (χ0n) is 13.1. The molecule has 0 atom stereocenters. The highest BCUT2D eigenvalue weighted by molar-refractivity contribution is 8.14. The molecule has 3 aromatic rings. The summed E-state index contributed by atoms with van der Waals surface area (Å²) in [5.74, 6) is 0.181. The predicted octanol–water partition coefficient (Wildman–Crippen LogP) is 5.28. The highest BCUT2D eigenvalue weighted by Gasteiger charge is 2.15. The van der Waals surface area contributed by atoms with Gasteiger partial charge in [-0.2, -0.15) is 0 Å². The number of rotatable bonds is 3. The molecule has 1 heterocycles. The van der Waals surface area contributed by atoms with Crippen LogP contribution in [-0.2, 0) is 4.79 Å². The van der Waals surface area contributed by atoms with Crippen molar-refractivity contribution in [1.29, 1.82) is 0 Å². The summed E-state index contributed by atoms with van der Waals surface area (Å²) in [6.07, 6.45) is 0. The molecule has 1 aliphatic rings. The van der Waals surface area contributed by atoms with Crippen LogP contribution in [0.2, 0.25) is 5.02 Å². The summed E-state index contributed by atoms with van der Waals surface area (Å²) in [4.78, 5) is 16.8. The van der Waals surface area contributed by atoms with Crippen molar-refractivity contribution in [2.45, 2.75) is 0 Å². The van der Waals surface area contributed by atoms with E-state index in [9.17, 15) is 4.79 Å². The van der Waals surface area contributed by atoms with Crippen LogP contribution in [0, 0.1) is 0 Å². The van der Waals surface area contributed by atoms with Gasteiger partial charge >= 0.3 is 0 Å². The van der Waals surface area contributed by atoms with E-state index in [1.54, 1.807) is 24.3 Å². The number of amides is 1. The van der Waals surface area contributed by atoms with Crippen molar-refractivity contribution in [2.24, 2.45) is 4.99 Å². The lowest BCUT2D eigenvalue weighted by Crippen LogP contribution is -2.18. The zero-order chi connectivity index (χ0) is 17.2. The van der Waals surface area contributed by atoms with Gasteiger partial charge in [0.15, 0.2) is 5.17 Å². The molecule has 0 bridgehead atoms. The van der Waals surface area contributed by atoms with Gasteiger partial charge in [0, 0.05) is 16.1 Å². The summed E-state index contributed by atoms with van der Waals surface area (Å²) in [5, 5.41) is 9.77. The normalized spacial score (nSPS) is 12.4. The number of thioether (sulfide) groups is 1. The fraction of sp³-hybridized carbons (Fsp3) is 0.0526. The van der Waals surface area contributed by atoms with Crippen LogP contribution in [0.4, 0.5) is 17.1 Å². The Morgan fingerprint density at radius 2 is 1.84 bits per heavy atom. The Labute approximate surface area is 154 Å². The van der Waals surface area contributed by atoms with Gasteiger partial charge < -0.3 is 10.6 Å². The van der Waals surface area contributed by atoms with Crippen molar-refractivity contribution in [3.63, 3.8) is 0 Å². The molecule has 25 heavy (non-hydrogen) atoms. The van der Waals surface area contributed by atoms with Crippen LogP contribution in [-0.4, -0.2) is 16.8 Å². The molecule has 1 aliphatic heterocycles. The molecule has 0 saturated heterocycles. The summed E-state index contributed by atoms with van der Waals surface area (Å²) in [6.45, 7) is 0. The van der Waals surface area contributed by atoms with E-state index >= 15 is 0 Å². The number of benzene rings is 3. The number of nitrogens with one attached hydrogen (secondary N) is 2. The average Bonchev–Trinajstić information content (AvgIpc) is 2.62. The van der Waals surface area contributed by atoms with Crippen LogP contribution in [0.3, 0.4) is 0 Å². The smallest absolute Gasteiger partial charge is 0.234 e. The summed E-state index contributed by atoms with van der Waals surface area (Å²) in [6, 6.07) is 19.2. The molecule has 124 valence electrons. The van der Waals surface area contributed by atoms with Gasteiger partial charge in [-0.15, -0.1) is 0 Å². The molecule has 3 aromatic carbocycles. The van der Waals surface area contributed by atoms with E-state index < -0.39 is 0 Å². The van der Waals surface area contributed by atoms with Crippen LogP contribution in [0.25, 0.3) is 10.8 Å². The summed E-state index contributed by atoms with van der Waals surface area (Å²) < 4.78 is 0. The third kappa shape index (κ3) is 3.48. The standard InChI is InChI=1S/C19H14ClN3OS/c20-13-7-9-14(10-8-13)21-17(24)11-25-19-22-15-5-1-3-12-4-2-6-16(23-19)18(12)15/h1-10H,11H2,(H,21,24)(H,22,23). The van der Waals surface area contributed by atoms with Crippen LogP contribution in [0.1, 0.15) is 0 Å². The van der Waals surface area contributed by atoms with Crippen molar-refractivity contribution >= 4 is 62.3 Å². The number of hydrogen-bond donors (Lipinski definition) is 2. The predicted molar refractivity (Wildman–Crippen MR) is 107 cm³/mol. The van der Waals surface area contributed by atoms with Crippen molar-refractivity contribution < 1.29 is 4.79 Å². The first-order valence-corrected chi connectivity index (χ1v) is 9.11. The SMILES string of the molecule is O=C(CSC1=Nc2cccc3cccc(c23)N1)Nc1ccc(Cl)cc1. The minimum Gasteiger partial charge on any atom is -0.334 e. The maximum atomic E-state index is 12.1. The lowest BCUT2D eigenvalue weighted by atomic mass is 10.1. The number of carbonyl (C=O) groups is 1. The molecule has 0 spiro atoms. The molecule has 4 nitrogen and oxygen atoms in total. The molecule has 2 N–H and O–H groups in total. The molecule has 0 unspecified atom stereocenters. The van der Waals surface area contributed by atoms with Gasteiger partial charge in [0.25, 0.3) is 0 Å². The molecule has 1 amide bonds. The molecule has 0 aromatic heterocycles. The van der Waals surface area contributed by atoms with E-state index in [0.29, 0.717) is 5.02 Å². The summed E-state index contributed by atoms with van der Waals surface area (Å²) in [7, 11) is 0. The maximum absolute atomic E-state index is 12.1. The van der Waals surface area contributed by atoms with Crippen LogP contribution < -0.4 is 10.6 Å². The molecule has 0 aliphatic carbocycles. The molecule has 0 saturated carbocycles. The van der Waals surface area contributed by atoms with Gasteiger partial charge in [0.2, 0.25) is 5.91 Å². The number of hydrogen-bond acceptors (Lipinski definition) is 4.